The summed E-state index contributed by atoms with van der Waals surface area (Å²) in [6.07, 6.45) is 0. The number of carbonyl (C=O) groups excluding carboxylic acids is 2. The van der Waals surface area contributed by atoms with Crippen LogP contribution in [0.25, 0.3) is 0 Å². The maximum Gasteiger partial charge on any atom is 0.324 e. The standard InChI is InChI=1S/C10H16N2O2/c1-9(2)7(10(9,3)4)12-5-6(13)11-8(12)14/h7H,5H2,1-4H3,(H,11,13,14). The van der Waals surface area contributed by atoms with Gasteiger partial charge in [-0.05, 0) is 10.8 Å². The SMILES string of the molecule is CC1(C)C(N2CC(=O)NC2=O)C1(C)C. The third kappa shape index (κ3) is 0.938. The van der Waals surface area contributed by atoms with Gasteiger partial charge in [-0.15, -0.1) is 0 Å². The van der Waals surface area contributed by atoms with Gasteiger partial charge in [0, 0.05) is 6.04 Å². The monoisotopic (exact) mass is 196 g/mol. The number of hydrogen-bond donors (Lipinski definition) is 1. The number of urea groups is 1. The van der Waals surface area contributed by atoms with Gasteiger partial charge in [0.2, 0.25) is 5.91 Å². The Bertz CT molecular complexity index is 306. The maximum atomic E-state index is 11.4. The molecule has 4 heteroatoms. The number of rotatable bonds is 1. The van der Waals surface area contributed by atoms with E-state index >= 15 is 0 Å². The van der Waals surface area contributed by atoms with Crippen LogP contribution in [0.4, 0.5) is 4.79 Å². The summed E-state index contributed by atoms with van der Waals surface area (Å²) in [4.78, 5) is 24.1. The number of imide groups is 1. The summed E-state index contributed by atoms with van der Waals surface area (Å²) in [5.74, 6) is -0.187. The fraction of sp³-hybridized carbons (Fsp3) is 0.800. The quantitative estimate of drug-likeness (QED) is 0.635. The van der Waals surface area contributed by atoms with Crippen LogP contribution in [-0.4, -0.2) is 29.4 Å². The van der Waals surface area contributed by atoms with Crippen molar-refractivity contribution in [3.63, 3.8) is 0 Å². The number of amides is 3. The molecule has 1 aliphatic heterocycles. The molecule has 0 unspecified atom stereocenters. The summed E-state index contributed by atoms with van der Waals surface area (Å²) >= 11 is 0. The van der Waals surface area contributed by atoms with Crippen molar-refractivity contribution in [1.29, 1.82) is 0 Å². The number of carbonyl (C=O) groups is 2. The van der Waals surface area contributed by atoms with E-state index in [4.69, 9.17) is 0 Å². The van der Waals surface area contributed by atoms with Gasteiger partial charge in [-0.2, -0.15) is 0 Å². The minimum atomic E-state index is -0.237. The predicted molar refractivity (Wildman–Crippen MR) is 51.6 cm³/mol. The topological polar surface area (TPSA) is 49.4 Å². The van der Waals surface area contributed by atoms with Crippen molar-refractivity contribution >= 4 is 11.9 Å². The third-order valence-corrected chi connectivity index (χ3v) is 4.08. The Hall–Kier alpha value is -1.06. The average Bonchev–Trinajstić information content (AvgIpc) is 2.32. The summed E-state index contributed by atoms with van der Waals surface area (Å²) < 4.78 is 0. The van der Waals surface area contributed by atoms with Crippen LogP contribution in [0, 0.1) is 10.8 Å². The highest BCUT2D eigenvalue weighted by atomic mass is 16.2. The molecule has 2 rings (SSSR count). The van der Waals surface area contributed by atoms with E-state index in [1.165, 1.54) is 0 Å². The van der Waals surface area contributed by atoms with E-state index in [1.807, 2.05) is 0 Å². The lowest BCUT2D eigenvalue weighted by Gasteiger charge is -2.15. The van der Waals surface area contributed by atoms with E-state index in [0.29, 0.717) is 0 Å². The van der Waals surface area contributed by atoms with Crippen molar-refractivity contribution in [2.24, 2.45) is 10.8 Å². The summed E-state index contributed by atoms with van der Waals surface area (Å²) in [7, 11) is 0. The van der Waals surface area contributed by atoms with Gasteiger partial charge in [0.1, 0.15) is 6.54 Å². The molecule has 0 bridgehead atoms. The fourth-order valence-corrected chi connectivity index (χ4v) is 2.61. The molecule has 2 aliphatic rings. The Balaban J connectivity index is 2.20. The van der Waals surface area contributed by atoms with Crippen LogP contribution in [0.3, 0.4) is 0 Å². The minimum Gasteiger partial charge on any atom is -0.311 e. The molecule has 1 saturated carbocycles. The van der Waals surface area contributed by atoms with Crippen molar-refractivity contribution < 1.29 is 9.59 Å². The Morgan fingerprint density at radius 3 is 2.00 bits per heavy atom. The fourth-order valence-electron chi connectivity index (χ4n) is 2.61. The Kier molecular flexibility index (Phi) is 1.56. The lowest BCUT2D eigenvalue weighted by atomic mass is 10.0. The highest BCUT2D eigenvalue weighted by Gasteiger charge is 2.69. The van der Waals surface area contributed by atoms with Gasteiger partial charge in [0.25, 0.3) is 0 Å². The first-order valence-corrected chi connectivity index (χ1v) is 4.89. The van der Waals surface area contributed by atoms with Crippen LogP contribution in [-0.2, 0) is 4.79 Å². The number of hydrogen-bond acceptors (Lipinski definition) is 2. The van der Waals surface area contributed by atoms with Crippen molar-refractivity contribution in [1.82, 2.24) is 10.2 Å². The minimum absolute atomic E-state index is 0.106. The van der Waals surface area contributed by atoms with Crippen molar-refractivity contribution in [2.75, 3.05) is 6.54 Å². The molecule has 1 aliphatic carbocycles. The van der Waals surface area contributed by atoms with Gasteiger partial charge < -0.3 is 4.90 Å². The van der Waals surface area contributed by atoms with Gasteiger partial charge in [0.05, 0.1) is 0 Å². The van der Waals surface area contributed by atoms with Crippen LogP contribution in [0.5, 0.6) is 0 Å². The highest BCUT2D eigenvalue weighted by molar-refractivity contribution is 6.02. The van der Waals surface area contributed by atoms with Crippen LogP contribution in [0.15, 0.2) is 0 Å². The van der Waals surface area contributed by atoms with Gasteiger partial charge >= 0.3 is 6.03 Å². The second-order valence-electron chi connectivity index (χ2n) is 5.33. The van der Waals surface area contributed by atoms with E-state index in [1.54, 1.807) is 4.90 Å². The molecule has 0 spiro atoms. The van der Waals surface area contributed by atoms with Crippen molar-refractivity contribution in [3.05, 3.63) is 0 Å². The highest BCUT2D eigenvalue weighted by Crippen LogP contribution is 2.65. The Morgan fingerprint density at radius 2 is 1.71 bits per heavy atom. The molecular weight excluding hydrogens is 180 g/mol. The zero-order valence-electron chi connectivity index (χ0n) is 9.05. The van der Waals surface area contributed by atoms with Crippen molar-refractivity contribution in [3.8, 4) is 0 Å². The average molecular weight is 196 g/mol. The molecule has 4 nitrogen and oxygen atoms in total. The molecule has 78 valence electrons. The van der Waals surface area contributed by atoms with E-state index in [9.17, 15) is 9.59 Å². The second kappa shape index (κ2) is 2.30. The Morgan fingerprint density at radius 1 is 1.21 bits per heavy atom. The lowest BCUT2D eigenvalue weighted by molar-refractivity contribution is -0.118. The number of nitrogens with one attached hydrogen (secondary N) is 1. The predicted octanol–water partition coefficient (Wildman–Crippen LogP) is 0.973. The molecule has 0 aromatic carbocycles. The van der Waals surface area contributed by atoms with Gasteiger partial charge in [-0.3, -0.25) is 10.1 Å². The first-order valence-electron chi connectivity index (χ1n) is 4.89. The van der Waals surface area contributed by atoms with E-state index < -0.39 is 0 Å². The molecule has 0 radical (unpaired) electrons. The third-order valence-electron chi connectivity index (χ3n) is 4.08. The molecule has 14 heavy (non-hydrogen) atoms. The Labute approximate surface area is 83.6 Å². The zero-order chi connectivity index (χ0) is 10.7. The number of nitrogens with zero attached hydrogens (tertiary/aromatic N) is 1. The molecule has 1 saturated heterocycles. The van der Waals surface area contributed by atoms with Crippen LogP contribution >= 0.6 is 0 Å². The second-order valence-corrected chi connectivity index (χ2v) is 5.33. The van der Waals surface area contributed by atoms with Crippen LogP contribution in [0.1, 0.15) is 27.7 Å². The smallest absolute Gasteiger partial charge is 0.311 e. The van der Waals surface area contributed by atoms with E-state index in [0.717, 1.165) is 0 Å². The van der Waals surface area contributed by atoms with E-state index in [2.05, 4.69) is 33.0 Å². The summed E-state index contributed by atoms with van der Waals surface area (Å²) in [5, 5.41) is 2.31. The first-order chi connectivity index (χ1) is 6.28. The summed E-state index contributed by atoms with van der Waals surface area (Å²) in [5.41, 5.74) is 0.212. The summed E-state index contributed by atoms with van der Waals surface area (Å²) in [6.45, 7) is 8.75. The zero-order valence-corrected chi connectivity index (χ0v) is 9.05. The van der Waals surface area contributed by atoms with Gasteiger partial charge in [-0.25, -0.2) is 4.79 Å². The maximum absolute atomic E-state index is 11.4. The molecule has 0 aromatic rings. The molecule has 0 atom stereocenters. The van der Waals surface area contributed by atoms with Crippen LogP contribution < -0.4 is 5.32 Å². The molecular formula is C10H16N2O2. The molecule has 3 amide bonds. The van der Waals surface area contributed by atoms with Crippen molar-refractivity contribution in [2.45, 2.75) is 33.7 Å². The van der Waals surface area contributed by atoms with Gasteiger partial charge in [0.15, 0.2) is 0 Å². The molecule has 0 aromatic heterocycles. The first kappa shape index (κ1) is 9.49. The van der Waals surface area contributed by atoms with Gasteiger partial charge in [-0.1, -0.05) is 27.7 Å². The lowest BCUT2D eigenvalue weighted by Crippen LogP contribution is -2.33. The molecule has 1 heterocycles. The van der Waals surface area contributed by atoms with Crippen LogP contribution in [0.2, 0.25) is 0 Å². The molecule has 2 fully saturated rings. The largest absolute Gasteiger partial charge is 0.324 e. The molecule has 1 N–H and O–H groups in total. The summed E-state index contributed by atoms with van der Waals surface area (Å²) in [6, 6.07) is -0.0555. The normalized spacial score (nSPS) is 29.3. The van der Waals surface area contributed by atoms with E-state index in [-0.39, 0.29) is 35.4 Å².